The molecular weight excluding hydrogens is 312 g/mol. The van der Waals surface area contributed by atoms with Crippen molar-refractivity contribution in [1.29, 1.82) is 0 Å². The van der Waals surface area contributed by atoms with Gasteiger partial charge in [-0.15, -0.1) is 0 Å². The minimum absolute atomic E-state index is 0.161. The van der Waals surface area contributed by atoms with Crippen LogP contribution in [0.3, 0.4) is 0 Å². The molecule has 0 saturated carbocycles. The number of nitrogens with zero attached hydrogens (tertiary/aromatic N) is 2. The molecule has 0 aromatic carbocycles. The van der Waals surface area contributed by atoms with Crippen molar-refractivity contribution in [3.63, 3.8) is 0 Å². The van der Waals surface area contributed by atoms with Crippen LogP contribution in [-0.4, -0.2) is 42.8 Å². The first kappa shape index (κ1) is 16.6. The van der Waals surface area contributed by atoms with Crippen molar-refractivity contribution in [2.45, 2.75) is 25.8 Å². The molecule has 1 aromatic heterocycles. The molecule has 0 fully saturated rings. The van der Waals surface area contributed by atoms with Gasteiger partial charge in [0, 0.05) is 33.2 Å². The van der Waals surface area contributed by atoms with E-state index in [1.165, 1.54) is 0 Å². The van der Waals surface area contributed by atoms with E-state index < -0.39 is 0 Å². The van der Waals surface area contributed by atoms with Crippen LogP contribution in [0, 0.1) is 6.92 Å². The van der Waals surface area contributed by atoms with Crippen LogP contribution in [0.2, 0.25) is 0 Å². The lowest BCUT2D eigenvalue weighted by atomic mass is 10.1. The molecular formula is C12H23BrN4O2. The quantitative estimate of drug-likeness (QED) is 0.399. The number of aryl methyl sites for hydroxylation is 2. The highest BCUT2D eigenvalue weighted by Gasteiger charge is 2.15. The normalized spacial score (nSPS) is 12.9. The molecule has 0 spiro atoms. The Hall–Kier alpha value is -0.470. The molecule has 0 aliphatic rings. The van der Waals surface area contributed by atoms with Crippen molar-refractivity contribution in [1.82, 2.24) is 15.2 Å². The number of hydrazine groups is 1. The first-order valence-corrected chi connectivity index (χ1v) is 7.10. The summed E-state index contributed by atoms with van der Waals surface area (Å²) in [6, 6.07) is 0.161. The Labute approximate surface area is 122 Å². The first-order chi connectivity index (χ1) is 9.10. The van der Waals surface area contributed by atoms with Gasteiger partial charge in [-0.05, 0) is 29.3 Å². The second-order valence-electron chi connectivity index (χ2n) is 4.43. The molecule has 1 unspecified atom stereocenters. The van der Waals surface area contributed by atoms with Gasteiger partial charge in [-0.3, -0.25) is 16.0 Å². The highest BCUT2D eigenvalue weighted by Crippen LogP contribution is 2.21. The number of ether oxygens (including phenoxy) is 2. The van der Waals surface area contributed by atoms with Gasteiger partial charge in [-0.1, -0.05) is 0 Å². The minimum Gasteiger partial charge on any atom is -0.382 e. The van der Waals surface area contributed by atoms with Crippen LogP contribution in [0.4, 0.5) is 0 Å². The maximum Gasteiger partial charge on any atom is 0.0738 e. The van der Waals surface area contributed by atoms with Crippen LogP contribution in [0.25, 0.3) is 0 Å². The third kappa shape index (κ3) is 5.19. The molecule has 0 bridgehead atoms. The number of halogens is 1. The van der Waals surface area contributed by atoms with E-state index in [9.17, 15) is 0 Å². The van der Waals surface area contributed by atoms with Crippen LogP contribution in [0.5, 0.6) is 0 Å². The van der Waals surface area contributed by atoms with Gasteiger partial charge in [0.25, 0.3) is 0 Å². The van der Waals surface area contributed by atoms with Gasteiger partial charge in [0.1, 0.15) is 0 Å². The molecule has 19 heavy (non-hydrogen) atoms. The fraction of sp³-hybridized carbons (Fsp3) is 0.750. The van der Waals surface area contributed by atoms with Crippen molar-refractivity contribution in [3.05, 3.63) is 15.9 Å². The third-order valence-electron chi connectivity index (χ3n) is 2.98. The number of hydrogen-bond acceptors (Lipinski definition) is 5. The predicted molar refractivity (Wildman–Crippen MR) is 77.8 cm³/mol. The Morgan fingerprint density at radius 1 is 1.42 bits per heavy atom. The molecule has 0 aliphatic heterocycles. The molecule has 3 N–H and O–H groups in total. The van der Waals surface area contributed by atoms with E-state index in [1.807, 2.05) is 18.7 Å². The molecule has 110 valence electrons. The largest absolute Gasteiger partial charge is 0.382 e. The second kappa shape index (κ2) is 8.65. The summed E-state index contributed by atoms with van der Waals surface area (Å²) in [6.45, 7) is 3.87. The Morgan fingerprint density at radius 2 is 2.16 bits per heavy atom. The Kier molecular flexibility index (Phi) is 7.55. The van der Waals surface area contributed by atoms with Crippen molar-refractivity contribution in [3.8, 4) is 0 Å². The Balaban J connectivity index is 2.43. The molecule has 1 rings (SSSR count). The maximum atomic E-state index is 5.59. The van der Waals surface area contributed by atoms with E-state index in [0.29, 0.717) is 19.8 Å². The Morgan fingerprint density at radius 3 is 2.68 bits per heavy atom. The predicted octanol–water partition coefficient (Wildman–Crippen LogP) is 0.919. The summed E-state index contributed by atoms with van der Waals surface area (Å²) in [5, 5.41) is 4.37. The summed E-state index contributed by atoms with van der Waals surface area (Å²) in [4.78, 5) is 0. The van der Waals surface area contributed by atoms with Crippen molar-refractivity contribution >= 4 is 15.9 Å². The summed E-state index contributed by atoms with van der Waals surface area (Å²) in [5.74, 6) is 5.59. The van der Waals surface area contributed by atoms with E-state index in [4.69, 9.17) is 15.3 Å². The molecule has 0 aliphatic carbocycles. The summed E-state index contributed by atoms with van der Waals surface area (Å²) in [5.41, 5.74) is 4.96. The summed E-state index contributed by atoms with van der Waals surface area (Å²) < 4.78 is 13.3. The van der Waals surface area contributed by atoms with Gasteiger partial charge < -0.3 is 9.47 Å². The number of rotatable bonds is 9. The highest BCUT2D eigenvalue weighted by atomic mass is 79.9. The van der Waals surface area contributed by atoms with E-state index in [0.717, 1.165) is 28.7 Å². The average molecular weight is 335 g/mol. The van der Waals surface area contributed by atoms with E-state index in [2.05, 4.69) is 26.5 Å². The van der Waals surface area contributed by atoms with Gasteiger partial charge in [0.05, 0.1) is 29.1 Å². The zero-order chi connectivity index (χ0) is 14.3. The lowest BCUT2D eigenvalue weighted by Gasteiger charge is -2.16. The molecule has 0 amide bonds. The number of hydrogen-bond donors (Lipinski definition) is 2. The maximum absolute atomic E-state index is 5.59. The molecule has 6 nitrogen and oxygen atoms in total. The summed E-state index contributed by atoms with van der Waals surface area (Å²) in [6.07, 6.45) is 1.65. The molecule has 0 radical (unpaired) electrons. The lowest BCUT2D eigenvalue weighted by Crippen LogP contribution is -2.38. The first-order valence-electron chi connectivity index (χ1n) is 6.31. The zero-order valence-corrected chi connectivity index (χ0v) is 13.4. The van der Waals surface area contributed by atoms with Crippen LogP contribution < -0.4 is 11.3 Å². The zero-order valence-electron chi connectivity index (χ0n) is 11.8. The van der Waals surface area contributed by atoms with E-state index >= 15 is 0 Å². The smallest absolute Gasteiger partial charge is 0.0738 e. The van der Waals surface area contributed by atoms with Gasteiger partial charge in [0.15, 0.2) is 0 Å². The van der Waals surface area contributed by atoms with Crippen molar-refractivity contribution < 1.29 is 9.47 Å². The third-order valence-corrected chi connectivity index (χ3v) is 4.01. The molecule has 7 heteroatoms. The van der Waals surface area contributed by atoms with Gasteiger partial charge >= 0.3 is 0 Å². The molecule has 1 aromatic rings. The fourth-order valence-corrected chi connectivity index (χ4v) is 2.35. The van der Waals surface area contributed by atoms with Crippen LogP contribution in [0.15, 0.2) is 4.47 Å². The topological polar surface area (TPSA) is 74.3 Å². The standard InChI is InChI=1S/C12H23BrN4O2/c1-9-12(13)11(17(2)16-9)8-10(15-14)4-5-19-7-6-18-3/h10,15H,4-8,14H2,1-3H3. The highest BCUT2D eigenvalue weighted by molar-refractivity contribution is 9.10. The van der Waals surface area contributed by atoms with E-state index in [1.54, 1.807) is 7.11 Å². The van der Waals surface area contributed by atoms with E-state index in [-0.39, 0.29) is 6.04 Å². The molecule has 0 saturated heterocycles. The lowest BCUT2D eigenvalue weighted by molar-refractivity contribution is 0.0657. The van der Waals surface area contributed by atoms with Crippen LogP contribution >= 0.6 is 15.9 Å². The SMILES string of the molecule is COCCOCCC(Cc1c(Br)c(C)nn1C)NN. The fourth-order valence-electron chi connectivity index (χ4n) is 1.85. The molecule has 1 heterocycles. The number of nitrogens with two attached hydrogens (primary N) is 1. The van der Waals surface area contributed by atoms with Gasteiger partial charge in [0.2, 0.25) is 0 Å². The summed E-state index contributed by atoms with van der Waals surface area (Å²) >= 11 is 3.56. The van der Waals surface area contributed by atoms with Crippen LogP contribution in [0.1, 0.15) is 17.8 Å². The van der Waals surface area contributed by atoms with Crippen molar-refractivity contribution in [2.75, 3.05) is 26.9 Å². The second-order valence-corrected chi connectivity index (χ2v) is 5.22. The number of nitrogens with one attached hydrogen (secondary N) is 1. The number of methoxy groups -OCH3 is 1. The number of aromatic nitrogens is 2. The average Bonchev–Trinajstić information content (AvgIpc) is 2.63. The Bertz CT molecular complexity index is 384. The van der Waals surface area contributed by atoms with Crippen LogP contribution in [-0.2, 0) is 22.9 Å². The monoisotopic (exact) mass is 334 g/mol. The van der Waals surface area contributed by atoms with Gasteiger partial charge in [-0.2, -0.15) is 5.10 Å². The molecule has 1 atom stereocenters. The van der Waals surface area contributed by atoms with Gasteiger partial charge in [-0.25, -0.2) is 0 Å². The minimum atomic E-state index is 0.161. The summed E-state index contributed by atoms with van der Waals surface area (Å²) in [7, 11) is 3.60. The van der Waals surface area contributed by atoms with Crippen molar-refractivity contribution in [2.24, 2.45) is 12.9 Å².